The van der Waals surface area contributed by atoms with Gasteiger partial charge >= 0.3 is 0 Å². The van der Waals surface area contributed by atoms with E-state index in [2.05, 4.69) is 37.1 Å². The Balaban J connectivity index is 1.98. The van der Waals surface area contributed by atoms with Gasteiger partial charge in [-0.25, -0.2) is 0 Å². The van der Waals surface area contributed by atoms with E-state index in [0.717, 1.165) is 28.7 Å². The summed E-state index contributed by atoms with van der Waals surface area (Å²) in [4.78, 5) is 0. The minimum Gasteiger partial charge on any atom is -0.339 e. The quantitative estimate of drug-likeness (QED) is 0.683. The summed E-state index contributed by atoms with van der Waals surface area (Å²) in [5, 5.41) is 0. The average Bonchev–Trinajstić information content (AvgIpc) is 2.78. The van der Waals surface area contributed by atoms with E-state index in [9.17, 15) is 0 Å². The fourth-order valence-corrected chi connectivity index (χ4v) is 3.42. The Labute approximate surface area is 124 Å². The van der Waals surface area contributed by atoms with Crippen LogP contribution in [0.5, 0.6) is 0 Å². The van der Waals surface area contributed by atoms with Crippen molar-refractivity contribution in [3.05, 3.63) is 59.7 Å². The lowest BCUT2D eigenvalue weighted by Gasteiger charge is -2.41. The normalized spacial score (nSPS) is 25.1. The van der Waals surface area contributed by atoms with Crippen molar-refractivity contribution in [3.63, 3.8) is 0 Å². The lowest BCUT2D eigenvalue weighted by atomic mass is 10.00. The van der Waals surface area contributed by atoms with Gasteiger partial charge in [-0.2, -0.15) is 0 Å². The van der Waals surface area contributed by atoms with E-state index >= 15 is 0 Å². The van der Waals surface area contributed by atoms with Crippen LogP contribution in [-0.4, -0.2) is 12.2 Å². The van der Waals surface area contributed by atoms with Crippen LogP contribution >= 0.6 is 0 Å². The van der Waals surface area contributed by atoms with Crippen molar-refractivity contribution < 1.29 is 9.47 Å². The van der Waals surface area contributed by atoms with Crippen LogP contribution in [0.4, 0.5) is 0 Å². The Hall–Kier alpha value is -2.08. The van der Waals surface area contributed by atoms with Gasteiger partial charge in [0.05, 0.1) is 6.10 Å². The smallest absolute Gasteiger partial charge is 0.225 e. The van der Waals surface area contributed by atoms with Gasteiger partial charge in [-0.3, -0.25) is 0 Å². The van der Waals surface area contributed by atoms with Crippen LogP contribution in [0.15, 0.2) is 48.5 Å². The Morgan fingerprint density at radius 3 is 2.14 bits per heavy atom. The summed E-state index contributed by atoms with van der Waals surface area (Å²) in [5.41, 5.74) is 4.44. The highest BCUT2D eigenvalue weighted by Crippen LogP contribution is 2.52. The zero-order chi connectivity index (χ0) is 14.4. The standard InChI is InChI=1S/C19H16O2/c1-3-14-12-13(2)20-19(21-14)17-10-6-4-8-15(17)16-9-5-7-11-18(16)19/h1,4-11,13-14H,12H2,2H3/t13-,14-/m1/s1. The number of ether oxygens (including phenoxy) is 2. The predicted octanol–water partition coefficient (Wildman–Crippen LogP) is 3.70. The molecule has 1 heterocycles. The molecule has 2 aromatic rings. The Morgan fingerprint density at radius 2 is 1.57 bits per heavy atom. The summed E-state index contributed by atoms with van der Waals surface area (Å²) in [6, 6.07) is 16.5. The molecule has 2 heteroatoms. The molecule has 1 spiro atoms. The van der Waals surface area contributed by atoms with Crippen LogP contribution in [0.3, 0.4) is 0 Å². The maximum atomic E-state index is 6.30. The Bertz CT molecular complexity index is 696. The molecule has 104 valence electrons. The number of hydrogen-bond acceptors (Lipinski definition) is 2. The van der Waals surface area contributed by atoms with E-state index in [1.54, 1.807) is 0 Å². The maximum Gasteiger partial charge on any atom is 0.225 e. The van der Waals surface area contributed by atoms with Gasteiger partial charge in [0.25, 0.3) is 0 Å². The fraction of sp³-hybridized carbons (Fsp3) is 0.263. The minimum atomic E-state index is -0.859. The molecule has 1 aliphatic carbocycles. The van der Waals surface area contributed by atoms with Crippen LogP contribution in [0.25, 0.3) is 11.1 Å². The largest absolute Gasteiger partial charge is 0.339 e. The van der Waals surface area contributed by atoms with E-state index in [1.807, 2.05) is 24.3 Å². The molecule has 2 nitrogen and oxygen atoms in total. The molecule has 0 N–H and O–H groups in total. The van der Waals surface area contributed by atoms with Gasteiger partial charge in [0.15, 0.2) is 0 Å². The highest BCUT2D eigenvalue weighted by molar-refractivity contribution is 5.79. The number of terminal acetylenes is 1. The molecule has 2 aliphatic rings. The maximum absolute atomic E-state index is 6.30. The third-order valence-electron chi connectivity index (χ3n) is 4.26. The van der Waals surface area contributed by atoms with Crippen LogP contribution < -0.4 is 0 Å². The molecule has 0 aromatic heterocycles. The first kappa shape index (κ1) is 12.6. The second-order valence-electron chi connectivity index (χ2n) is 5.65. The Kier molecular flexibility index (Phi) is 2.68. The van der Waals surface area contributed by atoms with Gasteiger partial charge in [0, 0.05) is 17.5 Å². The van der Waals surface area contributed by atoms with Crippen molar-refractivity contribution >= 4 is 0 Å². The third kappa shape index (κ3) is 1.68. The molecule has 0 bridgehead atoms. The summed E-state index contributed by atoms with van der Waals surface area (Å²) in [5.74, 6) is 1.89. The highest BCUT2D eigenvalue weighted by atomic mass is 16.7. The molecule has 21 heavy (non-hydrogen) atoms. The van der Waals surface area contributed by atoms with Gasteiger partial charge in [-0.15, -0.1) is 6.42 Å². The van der Waals surface area contributed by atoms with E-state index in [4.69, 9.17) is 15.9 Å². The van der Waals surface area contributed by atoms with Gasteiger partial charge in [-0.05, 0) is 18.1 Å². The molecule has 0 unspecified atom stereocenters. The summed E-state index contributed by atoms with van der Waals surface area (Å²) in [6.45, 7) is 2.05. The second kappa shape index (κ2) is 4.46. The lowest BCUT2D eigenvalue weighted by molar-refractivity contribution is -0.287. The third-order valence-corrected chi connectivity index (χ3v) is 4.26. The van der Waals surface area contributed by atoms with Crippen molar-refractivity contribution in [2.75, 3.05) is 0 Å². The van der Waals surface area contributed by atoms with Crippen molar-refractivity contribution in [1.82, 2.24) is 0 Å². The van der Waals surface area contributed by atoms with Gasteiger partial charge < -0.3 is 9.47 Å². The number of benzene rings is 2. The molecule has 2 aromatic carbocycles. The first-order valence-corrected chi connectivity index (χ1v) is 7.26. The topological polar surface area (TPSA) is 18.5 Å². The molecular weight excluding hydrogens is 260 g/mol. The van der Waals surface area contributed by atoms with Gasteiger partial charge in [0.2, 0.25) is 5.79 Å². The van der Waals surface area contributed by atoms with E-state index in [0.29, 0.717) is 0 Å². The lowest BCUT2D eigenvalue weighted by Crippen LogP contribution is -2.44. The van der Waals surface area contributed by atoms with Crippen molar-refractivity contribution in [2.45, 2.75) is 31.3 Å². The van der Waals surface area contributed by atoms with Crippen molar-refractivity contribution in [1.29, 1.82) is 0 Å². The fourth-order valence-electron chi connectivity index (χ4n) is 3.42. The molecule has 1 fully saturated rings. The highest BCUT2D eigenvalue weighted by Gasteiger charge is 2.50. The van der Waals surface area contributed by atoms with E-state index < -0.39 is 5.79 Å². The SMILES string of the molecule is C#C[C@@H]1C[C@@H](C)OC2(O1)c1ccccc1-c1ccccc12. The minimum absolute atomic E-state index is 0.0546. The predicted molar refractivity (Wildman–Crippen MR) is 81.5 cm³/mol. The summed E-state index contributed by atoms with van der Waals surface area (Å²) >= 11 is 0. The summed E-state index contributed by atoms with van der Waals surface area (Å²) in [6.07, 6.45) is 6.18. The zero-order valence-electron chi connectivity index (χ0n) is 11.9. The molecule has 0 amide bonds. The number of hydrogen-bond donors (Lipinski definition) is 0. The van der Waals surface area contributed by atoms with Crippen molar-refractivity contribution in [2.24, 2.45) is 0 Å². The first-order valence-electron chi connectivity index (χ1n) is 7.26. The van der Waals surface area contributed by atoms with E-state index in [1.165, 1.54) is 0 Å². The molecule has 1 saturated heterocycles. The summed E-state index contributed by atoms with van der Waals surface area (Å²) < 4.78 is 12.6. The van der Waals surface area contributed by atoms with Crippen LogP contribution in [0.2, 0.25) is 0 Å². The summed E-state index contributed by atoms with van der Waals surface area (Å²) in [7, 11) is 0. The van der Waals surface area contributed by atoms with Gasteiger partial charge in [0.1, 0.15) is 6.10 Å². The molecule has 1 aliphatic heterocycles. The monoisotopic (exact) mass is 276 g/mol. The van der Waals surface area contributed by atoms with Crippen molar-refractivity contribution in [3.8, 4) is 23.5 Å². The van der Waals surface area contributed by atoms with Gasteiger partial charge in [-0.1, -0.05) is 54.5 Å². The van der Waals surface area contributed by atoms with E-state index in [-0.39, 0.29) is 12.2 Å². The first-order chi connectivity index (χ1) is 10.2. The second-order valence-corrected chi connectivity index (χ2v) is 5.65. The zero-order valence-corrected chi connectivity index (χ0v) is 11.9. The average molecular weight is 276 g/mol. The number of fused-ring (bicyclic) bond motifs is 5. The molecule has 4 rings (SSSR count). The van der Waals surface area contributed by atoms with Crippen LogP contribution in [-0.2, 0) is 15.3 Å². The molecular formula is C19H16O2. The molecule has 2 atom stereocenters. The van der Waals surface area contributed by atoms with Crippen LogP contribution in [0, 0.1) is 12.3 Å². The molecule has 0 radical (unpaired) electrons. The Morgan fingerprint density at radius 1 is 1.00 bits per heavy atom. The molecule has 0 saturated carbocycles. The van der Waals surface area contributed by atoms with Crippen LogP contribution in [0.1, 0.15) is 24.5 Å². The number of rotatable bonds is 0.